The molecule has 134 valence electrons. The number of rotatable bonds is 5. The van der Waals surface area contributed by atoms with E-state index in [1.54, 1.807) is 18.0 Å². The van der Waals surface area contributed by atoms with Crippen LogP contribution in [0.3, 0.4) is 0 Å². The first-order valence-electron chi connectivity index (χ1n) is 8.54. The Hall–Kier alpha value is -2.08. The van der Waals surface area contributed by atoms with E-state index >= 15 is 0 Å². The number of hydrogen-bond acceptors (Lipinski definition) is 3. The second-order valence-corrected chi connectivity index (χ2v) is 7.24. The largest absolute Gasteiger partial charge is 0.341 e. The monoisotopic (exact) mass is 363 g/mol. The van der Waals surface area contributed by atoms with E-state index < -0.39 is 5.54 Å². The summed E-state index contributed by atoms with van der Waals surface area (Å²) in [6.45, 7) is 0.550. The SMILES string of the molecule is CN(Cc1cccc(Cl)c1)C(=O)CCN1C(=O)NC2(CCCC2)C1=O. The minimum absolute atomic E-state index is 0.116. The van der Waals surface area contributed by atoms with Crippen molar-refractivity contribution in [2.24, 2.45) is 0 Å². The molecule has 25 heavy (non-hydrogen) atoms. The first kappa shape index (κ1) is 17.7. The lowest BCUT2D eigenvalue weighted by molar-refractivity contribution is -0.133. The predicted molar refractivity (Wildman–Crippen MR) is 94.0 cm³/mol. The maximum Gasteiger partial charge on any atom is 0.325 e. The fourth-order valence-corrected chi connectivity index (χ4v) is 3.81. The van der Waals surface area contributed by atoms with Crippen LogP contribution in [-0.4, -0.2) is 46.8 Å². The Kier molecular flexibility index (Phi) is 4.99. The highest BCUT2D eigenvalue weighted by Gasteiger charge is 2.52. The molecule has 2 aliphatic rings. The van der Waals surface area contributed by atoms with Crippen molar-refractivity contribution in [1.82, 2.24) is 15.1 Å². The lowest BCUT2D eigenvalue weighted by Gasteiger charge is -2.21. The molecule has 0 aromatic heterocycles. The Morgan fingerprint density at radius 2 is 2.04 bits per heavy atom. The van der Waals surface area contributed by atoms with E-state index in [1.165, 1.54) is 4.90 Å². The maximum absolute atomic E-state index is 12.6. The molecule has 1 aliphatic heterocycles. The van der Waals surface area contributed by atoms with Crippen molar-refractivity contribution in [3.63, 3.8) is 0 Å². The zero-order valence-corrected chi connectivity index (χ0v) is 15.0. The van der Waals surface area contributed by atoms with Gasteiger partial charge in [-0.15, -0.1) is 0 Å². The molecule has 6 nitrogen and oxygen atoms in total. The molecule has 1 heterocycles. The van der Waals surface area contributed by atoms with E-state index in [0.717, 1.165) is 18.4 Å². The van der Waals surface area contributed by atoms with Crippen LogP contribution in [0.2, 0.25) is 5.02 Å². The van der Waals surface area contributed by atoms with Crippen LogP contribution < -0.4 is 5.32 Å². The zero-order valence-electron chi connectivity index (χ0n) is 14.3. The Morgan fingerprint density at radius 3 is 2.72 bits per heavy atom. The molecule has 1 spiro atoms. The summed E-state index contributed by atoms with van der Waals surface area (Å²) in [6, 6.07) is 6.95. The van der Waals surface area contributed by atoms with Gasteiger partial charge in [0.25, 0.3) is 5.91 Å². The number of benzene rings is 1. The van der Waals surface area contributed by atoms with Crippen LogP contribution in [0.4, 0.5) is 4.79 Å². The summed E-state index contributed by atoms with van der Waals surface area (Å²) in [4.78, 5) is 39.8. The van der Waals surface area contributed by atoms with Gasteiger partial charge in [0.05, 0.1) is 0 Å². The summed E-state index contributed by atoms with van der Waals surface area (Å²) in [7, 11) is 1.70. The van der Waals surface area contributed by atoms with Crippen molar-refractivity contribution < 1.29 is 14.4 Å². The Morgan fingerprint density at radius 1 is 1.32 bits per heavy atom. The van der Waals surface area contributed by atoms with Crippen LogP contribution in [0.5, 0.6) is 0 Å². The van der Waals surface area contributed by atoms with Gasteiger partial charge in [-0.3, -0.25) is 14.5 Å². The minimum atomic E-state index is -0.715. The highest BCUT2D eigenvalue weighted by molar-refractivity contribution is 6.30. The first-order chi connectivity index (χ1) is 11.9. The molecule has 1 N–H and O–H groups in total. The first-order valence-corrected chi connectivity index (χ1v) is 8.92. The molecule has 1 saturated carbocycles. The van der Waals surface area contributed by atoms with Crippen molar-refractivity contribution in [3.05, 3.63) is 34.9 Å². The van der Waals surface area contributed by atoms with Crippen molar-refractivity contribution in [2.45, 2.75) is 44.2 Å². The van der Waals surface area contributed by atoms with Gasteiger partial charge in [-0.25, -0.2) is 4.79 Å². The number of carbonyl (C=O) groups is 3. The molecule has 0 unspecified atom stereocenters. The molecule has 0 atom stereocenters. The van der Waals surface area contributed by atoms with Crippen LogP contribution in [0.15, 0.2) is 24.3 Å². The minimum Gasteiger partial charge on any atom is -0.341 e. The van der Waals surface area contributed by atoms with Crippen LogP contribution in [-0.2, 0) is 16.1 Å². The van der Waals surface area contributed by atoms with E-state index in [2.05, 4.69) is 5.32 Å². The predicted octanol–water partition coefficient (Wildman–Crippen LogP) is 2.55. The zero-order chi connectivity index (χ0) is 18.0. The third-order valence-corrected chi connectivity index (χ3v) is 5.22. The number of halogens is 1. The van der Waals surface area contributed by atoms with Gasteiger partial charge in [0.1, 0.15) is 5.54 Å². The van der Waals surface area contributed by atoms with E-state index in [9.17, 15) is 14.4 Å². The van der Waals surface area contributed by atoms with Gasteiger partial charge < -0.3 is 10.2 Å². The standard InChI is InChI=1S/C18H22ClN3O3/c1-21(12-13-5-4-6-14(19)11-13)15(23)7-10-22-16(24)18(20-17(22)25)8-2-3-9-18/h4-6,11H,2-3,7-10,12H2,1H3,(H,20,25). The molecule has 4 amide bonds. The number of hydrogen-bond donors (Lipinski definition) is 1. The van der Waals surface area contributed by atoms with Gasteiger partial charge in [0.2, 0.25) is 5.91 Å². The fourth-order valence-electron chi connectivity index (χ4n) is 3.59. The average molecular weight is 364 g/mol. The van der Waals surface area contributed by atoms with Crippen LogP contribution in [0, 0.1) is 0 Å². The smallest absolute Gasteiger partial charge is 0.325 e. The van der Waals surface area contributed by atoms with Crippen molar-refractivity contribution >= 4 is 29.4 Å². The number of carbonyl (C=O) groups excluding carboxylic acids is 3. The summed E-state index contributed by atoms with van der Waals surface area (Å²) < 4.78 is 0. The molecule has 1 saturated heterocycles. The molecule has 3 rings (SSSR count). The summed E-state index contributed by atoms with van der Waals surface area (Å²) >= 11 is 5.95. The Balaban J connectivity index is 1.55. The normalized spacial score (nSPS) is 18.7. The Labute approximate surface area is 152 Å². The van der Waals surface area contributed by atoms with Gasteiger partial charge in [-0.1, -0.05) is 36.6 Å². The number of nitrogens with one attached hydrogen (secondary N) is 1. The van der Waals surface area contributed by atoms with Crippen LogP contribution in [0.25, 0.3) is 0 Å². The summed E-state index contributed by atoms with van der Waals surface area (Å²) in [5.41, 5.74) is 0.218. The third kappa shape index (κ3) is 3.63. The second kappa shape index (κ2) is 7.04. The third-order valence-electron chi connectivity index (χ3n) is 4.99. The Bertz CT molecular complexity index is 701. The van der Waals surface area contributed by atoms with E-state index in [1.807, 2.05) is 18.2 Å². The van der Waals surface area contributed by atoms with Gasteiger partial charge in [0.15, 0.2) is 0 Å². The van der Waals surface area contributed by atoms with Crippen molar-refractivity contribution in [1.29, 1.82) is 0 Å². The van der Waals surface area contributed by atoms with Crippen LogP contribution >= 0.6 is 11.6 Å². The molecule has 7 heteroatoms. The number of nitrogens with zero attached hydrogens (tertiary/aromatic N) is 2. The molecular weight excluding hydrogens is 342 g/mol. The molecule has 0 bridgehead atoms. The fraction of sp³-hybridized carbons (Fsp3) is 0.500. The summed E-state index contributed by atoms with van der Waals surface area (Å²) in [5.74, 6) is -0.298. The summed E-state index contributed by atoms with van der Waals surface area (Å²) in [5, 5.41) is 3.45. The van der Waals surface area contributed by atoms with Crippen molar-refractivity contribution in [2.75, 3.05) is 13.6 Å². The second-order valence-electron chi connectivity index (χ2n) is 6.81. The van der Waals surface area contributed by atoms with E-state index in [0.29, 0.717) is 24.4 Å². The molecule has 2 fully saturated rings. The van der Waals surface area contributed by atoms with Gasteiger partial charge in [-0.2, -0.15) is 0 Å². The lowest BCUT2D eigenvalue weighted by atomic mass is 9.98. The molecule has 1 aliphatic carbocycles. The topological polar surface area (TPSA) is 69.7 Å². The number of amides is 4. The molecule has 0 radical (unpaired) electrons. The van der Waals surface area contributed by atoms with E-state index in [4.69, 9.17) is 11.6 Å². The van der Waals surface area contributed by atoms with E-state index in [-0.39, 0.29) is 30.8 Å². The summed E-state index contributed by atoms with van der Waals surface area (Å²) in [6.07, 6.45) is 3.39. The molecule has 1 aromatic carbocycles. The highest BCUT2D eigenvalue weighted by atomic mass is 35.5. The highest BCUT2D eigenvalue weighted by Crippen LogP contribution is 2.35. The van der Waals surface area contributed by atoms with Gasteiger partial charge >= 0.3 is 6.03 Å². The quantitative estimate of drug-likeness (QED) is 0.817. The van der Waals surface area contributed by atoms with Crippen molar-refractivity contribution in [3.8, 4) is 0 Å². The van der Waals surface area contributed by atoms with Crippen LogP contribution in [0.1, 0.15) is 37.7 Å². The number of imide groups is 1. The maximum atomic E-state index is 12.6. The van der Waals surface area contributed by atoms with Gasteiger partial charge in [-0.05, 0) is 30.5 Å². The average Bonchev–Trinajstić information content (AvgIpc) is 3.12. The number of urea groups is 1. The lowest BCUT2D eigenvalue weighted by Crippen LogP contribution is -2.44. The van der Waals surface area contributed by atoms with Gasteiger partial charge in [0, 0.05) is 31.6 Å². The molecular formula is C18H22ClN3O3. The molecule has 1 aromatic rings.